The molecule has 4 rings (SSSR count). The Balaban J connectivity index is 1.58. The van der Waals surface area contributed by atoms with Crippen molar-refractivity contribution in [2.75, 3.05) is 10.6 Å². The topological polar surface area (TPSA) is 62.7 Å². The van der Waals surface area contributed by atoms with Gasteiger partial charge in [0, 0.05) is 17.1 Å². The minimum absolute atomic E-state index is 0.514. The zero-order chi connectivity index (χ0) is 21.6. The molecule has 6 heteroatoms. The van der Waals surface area contributed by atoms with Gasteiger partial charge in [0.25, 0.3) is 0 Å². The van der Waals surface area contributed by atoms with Gasteiger partial charge in [0.1, 0.15) is 0 Å². The lowest BCUT2D eigenvalue weighted by Crippen LogP contribution is -2.05. The number of aromatic nitrogens is 3. The van der Waals surface area contributed by atoms with E-state index in [0.29, 0.717) is 17.1 Å². The molecule has 0 saturated carbocycles. The third-order valence-corrected chi connectivity index (χ3v) is 5.60. The molecule has 0 aliphatic rings. The Labute approximate surface area is 187 Å². The molecule has 0 atom stereocenters. The van der Waals surface area contributed by atoms with Crippen molar-refractivity contribution in [2.45, 2.75) is 31.7 Å². The molecule has 0 amide bonds. The Morgan fingerprint density at radius 2 is 1.19 bits per heavy atom. The van der Waals surface area contributed by atoms with Gasteiger partial charge in [-0.1, -0.05) is 77.0 Å². The van der Waals surface area contributed by atoms with E-state index in [4.69, 9.17) is 0 Å². The summed E-state index contributed by atoms with van der Waals surface area (Å²) in [4.78, 5) is 13.8. The number of benzene rings is 3. The second-order valence-electron chi connectivity index (χ2n) is 7.52. The van der Waals surface area contributed by atoms with E-state index in [1.807, 2.05) is 24.3 Å². The van der Waals surface area contributed by atoms with Gasteiger partial charge in [-0.2, -0.15) is 15.0 Å². The normalized spacial score (nSPS) is 10.7. The zero-order valence-corrected chi connectivity index (χ0v) is 18.7. The summed E-state index contributed by atoms with van der Waals surface area (Å²) in [6.45, 7) is 6.23. The fourth-order valence-corrected chi connectivity index (χ4v) is 3.79. The van der Waals surface area contributed by atoms with Gasteiger partial charge in [-0.15, -0.1) is 0 Å². The fraction of sp³-hybridized carbons (Fsp3) is 0.160. The Morgan fingerprint density at radius 3 is 1.71 bits per heavy atom. The Morgan fingerprint density at radius 1 is 0.645 bits per heavy atom. The Hall–Kier alpha value is -3.38. The van der Waals surface area contributed by atoms with Crippen LogP contribution in [0.2, 0.25) is 0 Å². The van der Waals surface area contributed by atoms with Crippen LogP contribution >= 0.6 is 11.8 Å². The van der Waals surface area contributed by atoms with E-state index >= 15 is 0 Å². The van der Waals surface area contributed by atoms with Crippen molar-refractivity contribution in [3.05, 3.63) is 95.1 Å². The standard InChI is InChI=1S/C25H25N5S/c1-17-7-11-21(12-8-17)26-23-28-24(27-22-13-9-18(2)10-14-22)30-25(29-23)31-16-20-6-4-5-19(3)15-20/h4-15H,16H2,1-3H3,(H2,26,27,28,29,30). The van der Waals surface area contributed by atoms with E-state index in [1.165, 1.54) is 22.3 Å². The molecule has 5 nitrogen and oxygen atoms in total. The molecule has 2 N–H and O–H groups in total. The molecule has 0 fully saturated rings. The van der Waals surface area contributed by atoms with E-state index < -0.39 is 0 Å². The molecule has 0 saturated heterocycles. The first-order valence-corrected chi connectivity index (χ1v) is 11.1. The molecule has 0 aliphatic carbocycles. The molecule has 1 aromatic heterocycles. The lowest BCUT2D eigenvalue weighted by Gasteiger charge is -2.11. The van der Waals surface area contributed by atoms with Crippen molar-refractivity contribution >= 4 is 35.0 Å². The number of rotatable bonds is 7. The molecule has 0 radical (unpaired) electrons. The van der Waals surface area contributed by atoms with Crippen LogP contribution in [-0.2, 0) is 5.75 Å². The van der Waals surface area contributed by atoms with Gasteiger partial charge in [-0.05, 0) is 50.6 Å². The zero-order valence-electron chi connectivity index (χ0n) is 17.9. The van der Waals surface area contributed by atoms with Crippen LogP contribution in [0.15, 0.2) is 78.0 Å². The predicted molar refractivity (Wildman–Crippen MR) is 129 cm³/mol. The van der Waals surface area contributed by atoms with Crippen molar-refractivity contribution in [1.29, 1.82) is 0 Å². The molecule has 1 heterocycles. The van der Waals surface area contributed by atoms with E-state index in [2.05, 4.69) is 94.9 Å². The minimum atomic E-state index is 0.514. The molecular formula is C25H25N5S. The van der Waals surface area contributed by atoms with Gasteiger partial charge in [0.05, 0.1) is 0 Å². The van der Waals surface area contributed by atoms with Crippen LogP contribution in [0.4, 0.5) is 23.3 Å². The lowest BCUT2D eigenvalue weighted by molar-refractivity contribution is 0.920. The smallest absolute Gasteiger partial charge is 0.233 e. The van der Waals surface area contributed by atoms with Crippen molar-refractivity contribution < 1.29 is 0 Å². The molecule has 0 aliphatic heterocycles. The summed E-state index contributed by atoms with van der Waals surface area (Å²) in [5.41, 5.74) is 6.78. The van der Waals surface area contributed by atoms with Crippen LogP contribution in [-0.4, -0.2) is 15.0 Å². The third-order valence-electron chi connectivity index (χ3n) is 4.68. The van der Waals surface area contributed by atoms with Crippen LogP contribution in [0.3, 0.4) is 0 Å². The highest BCUT2D eigenvalue weighted by Crippen LogP contribution is 2.24. The minimum Gasteiger partial charge on any atom is -0.324 e. The van der Waals surface area contributed by atoms with Gasteiger partial charge in [-0.25, -0.2) is 0 Å². The highest BCUT2D eigenvalue weighted by Gasteiger charge is 2.09. The van der Waals surface area contributed by atoms with Gasteiger partial charge in [0.15, 0.2) is 5.16 Å². The molecule has 156 valence electrons. The predicted octanol–water partition coefficient (Wildman–Crippen LogP) is 6.58. The first-order valence-electron chi connectivity index (χ1n) is 10.2. The number of hydrogen-bond acceptors (Lipinski definition) is 6. The van der Waals surface area contributed by atoms with E-state index in [0.717, 1.165) is 17.1 Å². The van der Waals surface area contributed by atoms with Crippen molar-refractivity contribution in [1.82, 2.24) is 15.0 Å². The summed E-state index contributed by atoms with van der Waals surface area (Å²) in [7, 11) is 0. The highest BCUT2D eigenvalue weighted by atomic mass is 32.2. The largest absolute Gasteiger partial charge is 0.324 e. The average molecular weight is 428 g/mol. The summed E-state index contributed by atoms with van der Waals surface area (Å²) in [5.74, 6) is 1.82. The Kier molecular flexibility index (Phi) is 6.48. The van der Waals surface area contributed by atoms with Crippen LogP contribution in [0, 0.1) is 20.8 Å². The van der Waals surface area contributed by atoms with Gasteiger partial charge in [-0.3, -0.25) is 0 Å². The molecule has 0 unspecified atom stereocenters. The molecule has 0 spiro atoms. The number of aryl methyl sites for hydroxylation is 3. The second kappa shape index (κ2) is 9.62. The van der Waals surface area contributed by atoms with Crippen LogP contribution < -0.4 is 10.6 Å². The quantitative estimate of drug-likeness (QED) is 0.325. The van der Waals surface area contributed by atoms with Gasteiger partial charge < -0.3 is 10.6 Å². The summed E-state index contributed by atoms with van der Waals surface area (Å²) in [5, 5.41) is 7.26. The monoisotopic (exact) mass is 427 g/mol. The number of hydrogen-bond donors (Lipinski definition) is 2. The fourth-order valence-electron chi connectivity index (χ4n) is 3.01. The van der Waals surface area contributed by atoms with Crippen molar-refractivity contribution in [3.63, 3.8) is 0 Å². The molecule has 3 aromatic carbocycles. The Bertz CT molecular complexity index is 1090. The van der Waals surface area contributed by atoms with E-state index in [1.54, 1.807) is 11.8 Å². The molecule has 0 bridgehead atoms. The van der Waals surface area contributed by atoms with Crippen LogP contribution in [0.25, 0.3) is 0 Å². The lowest BCUT2D eigenvalue weighted by atomic mass is 10.2. The molecule has 31 heavy (non-hydrogen) atoms. The molecule has 4 aromatic rings. The van der Waals surface area contributed by atoms with Gasteiger partial charge >= 0.3 is 0 Å². The summed E-state index contributed by atoms with van der Waals surface area (Å²) < 4.78 is 0. The number of anilines is 4. The van der Waals surface area contributed by atoms with Crippen molar-refractivity contribution in [3.8, 4) is 0 Å². The first-order chi connectivity index (χ1) is 15.0. The van der Waals surface area contributed by atoms with Crippen molar-refractivity contribution in [2.24, 2.45) is 0 Å². The maximum atomic E-state index is 4.63. The molecular weight excluding hydrogens is 402 g/mol. The first kappa shape index (κ1) is 20.9. The van der Waals surface area contributed by atoms with E-state index in [-0.39, 0.29) is 0 Å². The summed E-state index contributed by atoms with van der Waals surface area (Å²) >= 11 is 1.59. The van der Waals surface area contributed by atoms with Crippen LogP contribution in [0.1, 0.15) is 22.3 Å². The third kappa shape index (κ3) is 6.06. The SMILES string of the molecule is Cc1ccc(Nc2nc(Nc3ccc(C)cc3)nc(SCc3cccc(C)c3)n2)cc1. The number of nitrogens with one attached hydrogen (secondary N) is 2. The van der Waals surface area contributed by atoms with Crippen LogP contribution in [0.5, 0.6) is 0 Å². The summed E-state index contributed by atoms with van der Waals surface area (Å²) in [6, 6.07) is 24.8. The second-order valence-corrected chi connectivity index (χ2v) is 8.47. The highest BCUT2D eigenvalue weighted by molar-refractivity contribution is 7.98. The maximum Gasteiger partial charge on any atom is 0.233 e. The van der Waals surface area contributed by atoms with Gasteiger partial charge in [0.2, 0.25) is 11.9 Å². The maximum absolute atomic E-state index is 4.63. The number of thioether (sulfide) groups is 1. The average Bonchev–Trinajstić information content (AvgIpc) is 2.76. The summed E-state index contributed by atoms with van der Waals surface area (Å²) in [6.07, 6.45) is 0. The van der Waals surface area contributed by atoms with E-state index in [9.17, 15) is 0 Å². The number of nitrogens with zero attached hydrogens (tertiary/aromatic N) is 3.